The lowest BCUT2D eigenvalue weighted by Gasteiger charge is -2.34. The molecule has 0 amide bonds. The van der Waals surface area contributed by atoms with Crippen LogP contribution in [0.5, 0.6) is 0 Å². The van der Waals surface area contributed by atoms with E-state index in [4.69, 9.17) is 10.5 Å². The highest BCUT2D eigenvalue weighted by molar-refractivity contribution is 4.85. The molecule has 0 aliphatic heterocycles. The molecule has 74 valence electrons. The van der Waals surface area contributed by atoms with Gasteiger partial charge < -0.3 is 10.5 Å². The largest absolute Gasteiger partial charge is 0.374 e. The van der Waals surface area contributed by atoms with E-state index in [1.165, 1.54) is 0 Å². The Hall–Kier alpha value is -0.0800. The highest BCUT2D eigenvalue weighted by Gasteiger charge is 2.29. The van der Waals surface area contributed by atoms with Crippen LogP contribution in [0.15, 0.2) is 0 Å². The van der Waals surface area contributed by atoms with Crippen molar-refractivity contribution in [2.75, 3.05) is 6.61 Å². The van der Waals surface area contributed by atoms with Gasteiger partial charge >= 0.3 is 0 Å². The molecular weight excluding hydrogens is 150 g/mol. The molecule has 0 aliphatic rings. The average Bonchev–Trinajstić information content (AvgIpc) is 2.05. The first-order valence-corrected chi connectivity index (χ1v) is 5.00. The van der Waals surface area contributed by atoms with Crippen LogP contribution in [0.4, 0.5) is 0 Å². The standard InChI is InChI=1S/C10H23NO/c1-5-8-9(11)10(4,6-2)12-7-3/h9H,5-8,11H2,1-4H3. The zero-order valence-corrected chi connectivity index (χ0v) is 8.89. The van der Waals surface area contributed by atoms with Crippen LogP contribution in [0.1, 0.15) is 47.0 Å². The van der Waals surface area contributed by atoms with Crippen LogP contribution in [0.2, 0.25) is 0 Å². The second-order valence-corrected chi connectivity index (χ2v) is 3.49. The molecule has 0 rings (SSSR count). The average molecular weight is 173 g/mol. The lowest BCUT2D eigenvalue weighted by atomic mass is 9.91. The quantitative estimate of drug-likeness (QED) is 0.669. The number of hydrogen-bond acceptors (Lipinski definition) is 2. The zero-order valence-electron chi connectivity index (χ0n) is 8.89. The molecule has 0 radical (unpaired) electrons. The Morgan fingerprint density at radius 3 is 2.25 bits per heavy atom. The van der Waals surface area contributed by atoms with Crippen molar-refractivity contribution in [2.24, 2.45) is 5.73 Å². The maximum atomic E-state index is 6.03. The summed E-state index contributed by atoms with van der Waals surface area (Å²) in [6, 6.07) is 0.174. The smallest absolute Gasteiger partial charge is 0.0801 e. The van der Waals surface area contributed by atoms with Crippen molar-refractivity contribution < 1.29 is 4.74 Å². The van der Waals surface area contributed by atoms with E-state index in [-0.39, 0.29) is 11.6 Å². The normalized spacial score (nSPS) is 18.8. The highest BCUT2D eigenvalue weighted by Crippen LogP contribution is 2.21. The SMILES string of the molecule is CCCC(N)C(C)(CC)OCC. The topological polar surface area (TPSA) is 35.2 Å². The molecule has 0 saturated heterocycles. The van der Waals surface area contributed by atoms with Gasteiger partial charge in [-0.1, -0.05) is 20.3 Å². The first-order valence-electron chi connectivity index (χ1n) is 5.00. The first kappa shape index (κ1) is 11.9. The molecule has 0 aliphatic carbocycles. The molecule has 0 spiro atoms. The van der Waals surface area contributed by atoms with Crippen LogP contribution in [-0.2, 0) is 4.74 Å². The van der Waals surface area contributed by atoms with Crippen LogP contribution in [0.3, 0.4) is 0 Å². The van der Waals surface area contributed by atoms with Crippen molar-refractivity contribution in [1.29, 1.82) is 0 Å². The third-order valence-corrected chi connectivity index (χ3v) is 2.56. The van der Waals surface area contributed by atoms with Crippen LogP contribution < -0.4 is 5.73 Å². The zero-order chi connectivity index (χ0) is 9.61. The molecule has 2 atom stereocenters. The second-order valence-electron chi connectivity index (χ2n) is 3.49. The lowest BCUT2D eigenvalue weighted by Crippen LogP contribution is -2.47. The summed E-state index contributed by atoms with van der Waals surface area (Å²) in [7, 11) is 0. The minimum atomic E-state index is -0.120. The van der Waals surface area contributed by atoms with Crippen molar-refractivity contribution in [1.82, 2.24) is 0 Å². The Kier molecular flexibility index (Phi) is 5.51. The van der Waals surface area contributed by atoms with Gasteiger partial charge in [-0.15, -0.1) is 0 Å². The fraction of sp³-hybridized carbons (Fsp3) is 1.00. The Morgan fingerprint density at radius 1 is 1.33 bits per heavy atom. The lowest BCUT2D eigenvalue weighted by molar-refractivity contribution is -0.0480. The van der Waals surface area contributed by atoms with E-state index in [1.54, 1.807) is 0 Å². The molecule has 0 heterocycles. The van der Waals surface area contributed by atoms with Crippen LogP contribution in [-0.4, -0.2) is 18.2 Å². The Morgan fingerprint density at radius 2 is 1.92 bits per heavy atom. The summed E-state index contributed by atoms with van der Waals surface area (Å²) in [5.41, 5.74) is 5.91. The predicted octanol–water partition coefficient (Wildman–Crippen LogP) is 2.32. The van der Waals surface area contributed by atoms with E-state index in [2.05, 4.69) is 20.8 Å². The van der Waals surface area contributed by atoms with Gasteiger partial charge in [-0.05, 0) is 26.7 Å². The van der Waals surface area contributed by atoms with Crippen molar-refractivity contribution >= 4 is 0 Å². The number of nitrogens with two attached hydrogens (primary N) is 1. The Balaban J connectivity index is 4.08. The summed E-state index contributed by atoms with van der Waals surface area (Å²) in [5.74, 6) is 0. The maximum Gasteiger partial charge on any atom is 0.0801 e. The van der Waals surface area contributed by atoms with Gasteiger partial charge in [0.25, 0.3) is 0 Å². The molecule has 0 fully saturated rings. The maximum absolute atomic E-state index is 6.03. The third kappa shape index (κ3) is 3.11. The molecule has 0 aromatic carbocycles. The molecule has 0 bridgehead atoms. The van der Waals surface area contributed by atoms with Crippen molar-refractivity contribution in [2.45, 2.75) is 58.6 Å². The fourth-order valence-corrected chi connectivity index (χ4v) is 1.42. The summed E-state index contributed by atoms with van der Waals surface area (Å²) in [6.45, 7) is 9.16. The number of hydrogen-bond donors (Lipinski definition) is 1. The predicted molar refractivity (Wildman–Crippen MR) is 53.2 cm³/mol. The van der Waals surface area contributed by atoms with Gasteiger partial charge in [-0.2, -0.15) is 0 Å². The molecular formula is C10H23NO. The molecule has 0 saturated carbocycles. The summed E-state index contributed by atoms with van der Waals surface area (Å²) >= 11 is 0. The molecule has 2 unspecified atom stereocenters. The van der Waals surface area contributed by atoms with Gasteiger partial charge in [0.05, 0.1) is 5.60 Å². The molecule has 2 nitrogen and oxygen atoms in total. The fourth-order valence-electron chi connectivity index (χ4n) is 1.42. The van der Waals surface area contributed by atoms with E-state index in [1.807, 2.05) is 6.92 Å². The van der Waals surface area contributed by atoms with Gasteiger partial charge in [0.15, 0.2) is 0 Å². The van der Waals surface area contributed by atoms with E-state index in [0.29, 0.717) is 0 Å². The van der Waals surface area contributed by atoms with Gasteiger partial charge in [-0.3, -0.25) is 0 Å². The van der Waals surface area contributed by atoms with Crippen molar-refractivity contribution in [3.05, 3.63) is 0 Å². The monoisotopic (exact) mass is 173 g/mol. The van der Waals surface area contributed by atoms with Crippen LogP contribution in [0.25, 0.3) is 0 Å². The molecule has 0 aromatic heterocycles. The summed E-state index contributed by atoms with van der Waals surface area (Å²) in [4.78, 5) is 0. The highest BCUT2D eigenvalue weighted by atomic mass is 16.5. The molecule has 2 N–H and O–H groups in total. The van der Waals surface area contributed by atoms with Gasteiger partial charge in [-0.25, -0.2) is 0 Å². The summed E-state index contributed by atoms with van der Waals surface area (Å²) in [6.07, 6.45) is 3.16. The molecule has 12 heavy (non-hydrogen) atoms. The Labute approximate surface area is 76.5 Å². The molecule has 2 heteroatoms. The van der Waals surface area contributed by atoms with E-state index < -0.39 is 0 Å². The first-order chi connectivity index (χ1) is 5.60. The van der Waals surface area contributed by atoms with Crippen LogP contribution in [0, 0.1) is 0 Å². The minimum absolute atomic E-state index is 0.120. The Bertz CT molecular complexity index is 116. The van der Waals surface area contributed by atoms with Gasteiger partial charge in [0, 0.05) is 12.6 Å². The van der Waals surface area contributed by atoms with Gasteiger partial charge in [0.2, 0.25) is 0 Å². The third-order valence-electron chi connectivity index (χ3n) is 2.56. The van der Waals surface area contributed by atoms with E-state index >= 15 is 0 Å². The van der Waals surface area contributed by atoms with Gasteiger partial charge in [0.1, 0.15) is 0 Å². The molecule has 0 aromatic rings. The summed E-state index contributed by atoms with van der Waals surface area (Å²) in [5, 5.41) is 0. The summed E-state index contributed by atoms with van der Waals surface area (Å²) < 4.78 is 5.67. The van der Waals surface area contributed by atoms with Crippen molar-refractivity contribution in [3.8, 4) is 0 Å². The van der Waals surface area contributed by atoms with E-state index in [0.717, 1.165) is 25.9 Å². The van der Waals surface area contributed by atoms with Crippen LogP contribution >= 0.6 is 0 Å². The second kappa shape index (κ2) is 5.55. The van der Waals surface area contributed by atoms with Crippen molar-refractivity contribution in [3.63, 3.8) is 0 Å². The number of ether oxygens (including phenoxy) is 1. The minimum Gasteiger partial charge on any atom is -0.374 e. The number of rotatable bonds is 6. The van der Waals surface area contributed by atoms with E-state index in [9.17, 15) is 0 Å².